The van der Waals surface area contributed by atoms with Gasteiger partial charge in [0.05, 0.1) is 12.1 Å². The number of ether oxygens (including phenoxy) is 1. The fraction of sp³-hybridized carbons (Fsp3) is 0.250. The second-order valence-electron chi connectivity index (χ2n) is 5.03. The average molecular weight is 292 g/mol. The molecular formula is C16H15ClFNO. The van der Waals surface area contributed by atoms with Gasteiger partial charge in [-0.3, -0.25) is 0 Å². The third-order valence-electron chi connectivity index (χ3n) is 3.36. The Labute approximate surface area is 122 Å². The van der Waals surface area contributed by atoms with Crippen molar-refractivity contribution in [3.8, 4) is 5.75 Å². The number of nitrogens with two attached hydrogens (primary N) is 1. The maximum atomic E-state index is 13.8. The Hall–Kier alpha value is -1.58. The van der Waals surface area contributed by atoms with Crippen LogP contribution in [-0.4, -0.2) is 6.10 Å². The molecule has 0 radical (unpaired) electrons. The molecule has 0 heterocycles. The molecule has 20 heavy (non-hydrogen) atoms. The van der Waals surface area contributed by atoms with E-state index in [0.717, 1.165) is 24.2 Å². The Balaban J connectivity index is 1.81. The molecule has 0 aromatic heterocycles. The second-order valence-corrected chi connectivity index (χ2v) is 5.47. The van der Waals surface area contributed by atoms with E-state index >= 15 is 0 Å². The van der Waals surface area contributed by atoms with Crippen molar-refractivity contribution in [1.29, 1.82) is 0 Å². The summed E-state index contributed by atoms with van der Waals surface area (Å²) >= 11 is 5.90. The zero-order valence-corrected chi connectivity index (χ0v) is 11.6. The van der Waals surface area contributed by atoms with Crippen LogP contribution >= 0.6 is 11.6 Å². The first-order valence-corrected chi connectivity index (χ1v) is 6.98. The van der Waals surface area contributed by atoms with E-state index < -0.39 is 6.04 Å². The third kappa shape index (κ3) is 2.94. The predicted molar refractivity (Wildman–Crippen MR) is 77.5 cm³/mol. The predicted octanol–water partition coefficient (Wildman–Crippen LogP) is 4.07. The van der Waals surface area contributed by atoms with Gasteiger partial charge in [0, 0.05) is 10.6 Å². The van der Waals surface area contributed by atoms with Gasteiger partial charge >= 0.3 is 0 Å². The SMILES string of the molecule is NC(c1ccc(OC2CC2)cc1)c1cc(Cl)ccc1F. The first-order chi connectivity index (χ1) is 9.63. The number of benzene rings is 2. The smallest absolute Gasteiger partial charge is 0.128 e. The van der Waals surface area contributed by atoms with E-state index in [1.165, 1.54) is 12.1 Å². The summed E-state index contributed by atoms with van der Waals surface area (Å²) in [7, 11) is 0. The number of halogens is 2. The molecular weight excluding hydrogens is 277 g/mol. The van der Waals surface area contributed by atoms with Gasteiger partial charge in [0.15, 0.2) is 0 Å². The van der Waals surface area contributed by atoms with Crippen molar-refractivity contribution in [2.75, 3.05) is 0 Å². The van der Waals surface area contributed by atoms with Crippen LogP contribution in [0.4, 0.5) is 4.39 Å². The molecule has 2 aromatic carbocycles. The number of rotatable bonds is 4. The normalized spacial score (nSPS) is 15.9. The number of hydrogen-bond donors (Lipinski definition) is 1. The molecule has 1 atom stereocenters. The minimum absolute atomic E-state index is 0.347. The summed E-state index contributed by atoms with van der Waals surface area (Å²) in [5, 5.41) is 0.477. The Morgan fingerprint density at radius 3 is 2.50 bits per heavy atom. The maximum absolute atomic E-state index is 13.8. The molecule has 0 spiro atoms. The summed E-state index contributed by atoms with van der Waals surface area (Å²) in [6, 6.07) is 11.3. The molecule has 4 heteroatoms. The van der Waals surface area contributed by atoms with Crippen molar-refractivity contribution in [3.05, 3.63) is 64.4 Å². The van der Waals surface area contributed by atoms with Gasteiger partial charge < -0.3 is 10.5 Å². The minimum Gasteiger partial charge on any atom is -0.490 e. The molecule has 1 aliphatic rings. The number of hydrogen-bond acceptors (Lipinski definition) is 2. The summed E-state index contributed by atoms with van der Waals surface area (Å²) in [4.78, 5) is 0. The van der Waals surface area contributed by atoms with Crippen LogP contribution < -0.4 is 10.5 Å². The van der Waals surface area contributed by atoms with Crippen LogP contribution in [-0.2, 0) is 0 Å². The van der Waals surface area contributed by atoms with Gasteiger partial charge in [-0.25, -0.2) is 4.39 Å². The molecule has 2 aromatic rings. The summed E-state index contributed by atoms with van der Waals surface area (Å²) in [5.74, 6) is 0.482. The minimum atomic E-state index is -0.538. The largest absolute Gasteiger partial charge is 0.490 e. The van der Waals surface area contributed by atoms with Crippen LogP contribution in [0.2, 0.25) is 5.02 Å². The maximum Gasteiger partial charge on any atom is 0.128 e. The van der Waals surface area contributed by atoms with Crippen LogP contribution in [0, 0.1) is 5.82 Å². The van der Waals surface area contributed by atoms with Crippen LogP contribution in [0.25, 0.3) is 0 Å². The van der Waals surface area contributed by atoms with E-state index in [-0.39, 0.29) is 5.82 Å². The summed E-state index contributed by atoms with van der Waals surface area (Å²) in [5.41, 5.74) is 7.33. The summed E-state index contributed by atoms with van der Waals surface area (Å²) in [6.45, 7) is 0. The molecule has 3 rings (SSSR count). The van der Waals surface area contributed by atoms with Gasteiger partial charge in [-0.2, -0.15) is 0 Å². The van der Waals surface area contributed by atoms with Gasteiger partial charge in [0.1, 0.15) is 11.6 Å². The van der Waals surface area contributed by atoms with Crippen molar-refractivity contribution in [2.45, 2.75) is 25.0 Å². The lowest BCUT2D eigenvalue weighted by atomic mass is 9.99. The Morgan fingerprint density at radius 2 is 1.85 bits per heavy atom. The standard InChI is InChI=1S/C16H15ClFNO/c17-11-3-8-15(18)14(9-11)16(19)10-1-4-12(5-2-10)20-13-6-7-13/h1-5,8-9,13,16H,6-7,19H2. The van der Waals surface area contributed by atoms with Crippen LogP contribution in [0.5, 0.6) is 5.75 Å². The fourth-order valence-electron chi connectivity index (χ4n) is 2.06. The van der Waals surface area contributed by atoms with Crippen molar-refractivity contribution in [3.63, 3.8) is 0 Å². The van der Waals surface area contributed by atoms with E-state index in [4.69, 9.17) is 22.1 Å². The highest BCUT2D eigenvalue weighted by Crippen LogP contribution is 2.29. The van der Waals surface area contributed by atoms with Gasteiger partial charge in [0.2, 0.25) is 0 Å². The average Bonchev–Trinajstić information content (AvgIpc) is 3.26. The Morgan fingerprint density at radius 1 is 1.15 bits per heavy atom. The zero-order chi connectivity index (χ0) is 14.1. The molecule has 2 N–H and O–H groups in total. The van der Waals surface area contributed by atoms with E-state index in [1.807, 2.05) is 24.3 Å². The first kappa shape index (κ1) is 13.4. The molecule has 104 valence electrons. The van der Waals surface area contributed by atoms with E-state index in [2.05, 4.69) is 0 Å². The molecule has 0 aliphatic heterocycles. The zero-order valence-electron chi connectivity index (χ0n) is 10.9. The molecule has 0 bridgehead atoms. The summed E-state index contributed by atoms with van der Waals surface area (Å²) < 4.78 is 19.5. The molecule has 0 amide bonds. The highest BCUT2D eigenvalue weighted by Gasteiger charge is 2.23. The molecule has 1 saturated carbocycles. The monoisotopic (exact) mass is 291 g/mol. The quantitative estimate of drug-likeness (QED) is 0.921. The topological polar surface area (TPSA) is 35.2 Å². The van der Waals surface area contributed by atoms with Crippen molar-refractivity contribution < 1.29 is 9.13 Å². The molecule has 1 aliphatic carbocycles. The first-order valence-electron chi connectivity index (χ1n) is 6.60. The Kier molecular flexibility index (Phi) is 3.64. The molecule has 1 fully saturated rings. The van der Waals surface area contributed by atoms with E-state index in [1.54, 1.807) is 6.07 Å². The molecule has 2 nitrogen and oxygen atoms in total. The van der Waals surface area contributed by atoms with Gasteiger partial charge in [0.25, 0.3) is 0 Å². The van der Waals surface area contributed by atoms with Gasteiger partial charge in [-0.05, 0) is 48.7 Å². The Bertz CT molecular complexity index is 610. The molecule has 0 saturated heterocycles. The van der Waals surface area contributed by atoms with Crippen molar-refractivity contribution in [2.24, 2.45) is 5.73 Å². The van der Waals surface area contributed by atoms with Crippen molar-refractivity contribution in [1.82, 2.24) is 0 Å². The lowest BCUT2D eigenvalue weighted by molar-refractivity contribution is 0.303. The highest BCUT2D eigenvalue weighted by molar-refractivity contribution is 6.30. The van der Waals surface area contributed by atoms with Crippen molar-refractivity contribution >= 4 is 11.6 Å². The lowest BCUT2D eigenvalue weighted by Gasteiger charge is -2.14. The lowest BCUT2D eigenvalue weighted by Crippen LogP contribution is -2.13. The highest BCUT2D eigenvalue weighted by atomic mass is 35.5. The van der Waals surface area contributed by atoms with Crippen LogP contribution in [0.1, 0.15) is 30.0 Å². The van der Waals surface area contributed by atoms with Crippen LogP contribution in [0.15, 0.2) is 42.5 Å². The van der Waals surface area contributed by atoms with Gasteiger partial charge in [-0.1, -0.05) is 23.7 Å². The van der Waals surface area contributed by atoms with Gasteiger partial charge in [-0.15, -0.1) is 0 Å². The molecule has 1 unspecified atom stereocenters. The van der Waals surface area contributed by atoms with Crippen LogP contribution in [0.3, 0.4) is 0 Å². The fourth-order valence-corrected chi connectivity index (χ4v) is 2.25. The summed E-state index contributed by atoms with van der Waals surface area (Å²) in [6.07, 6.45) is 2.60. The van der Waals surface area contributed by atoms with E-state index in [9.17, 15) is 4.39 Å². The third-order valence-corrected chi connectivity index (χ3v) is 3.59. The van der Waals surface area contributed by atoms with E-state index in [0.29, 0.717) is 16.7 Å². The second kappa shape index (κ2) is 5.43.